The first-order valence-electron chi connectivity index (χ1n) is 5.63. The van der Waals surface area contributed by atoms with E-state index in [2.05, 4.69) is 4.98 Å². The van der Waals surface area contributed by atoms with Crippen LogP contribution in [0.25, 0.3) is 22.4 Å². The molecule has 0 saturated heterocycles. The summed E-state index contributed by atoms with van der Waals surface area (Å²) in [4.78, 5) is 4.49. The highest BCUT2D eigenvalue weighted by Gasteiger charge is 2.11. The zero-order valence-corrected chi connectivity index (χ0v) is 9.89. The molecule has 3 aromatic rings. The largest absolute Gasteiger partial charge is 0.397 e. The van der Waals surface area contributed by atoms with Gasteiger partial charge in [-0.05, 0) is 24.3 Å². The Morgan fingerprint density at radius 3 is 2.67 bits per heavy atom. The van der Waals surface area contributed by atoms with Crippen molar-refractivity contribution in [2.24, 2.45) is 7.05 Å². The molecular weight excluding hydrogens is 229 g/mol. The third kappa shape index (κ3) is 1.54. The topological polar surface area (TPSA) is 43.8 Å². The van der Waals surface area contributed by atoms with Gasteiger partial charge in [-0.1, -0.05) is 18.2 Å². The van der Waals surface area contributed by atoms with E-state index in [1.54, 1.807) is 6.07 Å². The molecule has 3 nitrogen and oxygen atoms in total. The van der Waals surface area contributed by atoms with Crippen LogP contribution in [0.4, 0.5) is 10.1 Å². The van der Waals surface area contributed by atoms with Crippen molar-refractivity contribution in [1.29, 1.82) is 0 Å². The lowest BCUT2D eigenvalue weighted by atomic mass is 10.2. The smallest absolute Gasteiger partial charge is 0.141 e. The van der Waals surface area contributed by atoms with Crippen molar-refractivity contribution < 1.29 is 4.39 Å². The van der Waals surface area contributed by atoms with Gasteiger partial charge in [0.15, 0.2) is 0 Å². The van der Waals surface area contributed by atoms with Crippen LogP contribution in [-0.2, 0) is 7.05 Å². The first-order valence-corrected chi connectivity index (χ1v) is 5.63. The van der Waals surface area contributed by atoms with Crippen molar-refractivity contribution >= 4 is 16.7 Å². The molecule has 3 rings (SSSR count). The van der Waals surface area contributed by atoms with Crippen LogP contribution >= 0.6 is 0 Å². The second-order valence-corrected chi connectivity index (χ2v) is 4.22. The zero-order chi connectivity index (χ0) is 12.7. The predicted octanol–water partition coefficient (Wildman–Crippen LogP) is 2.96. The number of benzene rings is 2. The Labute approximate surface area is 104 Å². The van der Waals surface area contributed by atoms with Gasteiger partial charge in [0.1, 0.15) is 17.2 Å². The van der Waals surface area contributed by atoms with Gasteiger partial charge in [0, 0.05) is 12.6 Å². The SMILES string of the molecule is Cn1c(-c2cccc(F)c2)nc2c(N)cccc21. The maximum atomic E-state index is 13.3. The molecule has 0 fully saturated rings. The van der Waals surface area contributed by atoms with Crippen LogP contribution in [0.2, 0.25) is 0 Å². The zero-order valence-electron chi connectivity index (χ0n) is 9.89. The molecule has 2 aromatic carbocycles. The quantitative estimate of drug-likeness (QED) is 0.666. The number of aromatic nitrogens is 2. The predicted molar refractivity (Wildman–Crippen MR) is 70.5 cm³/mol. The number of imidazole rings is 1. The lowest BCUT2D eigenvalue weighted by Gasteiger charge is -2.02. The van der Waals surface area contributed by atoms with Gasteiger partial charge < -0.3 is 10.3 Å². The summed E-state index contributed by atoms with van der Waals surface area (Å²) in [5.74, 6) is 0.440. The minimum absolute atomic E-state index is 0.271. The molecule has 0 unspecified atom stereocenters. The average molecular weight is 241 g/mol. The number of rotatable bonds is 1. The molecule has 0 aliphatic rings. The van der Waals surface area contributed by atoms with E-state index >= 15 is 0 Å². The molecule has 0 aliphatic heterocycles. The van der Waals surface area contributed by atoms with Gasteiger partial charge in [-0.25, -0.2) is 9.37 Å². The minimum Gasteiger partial charge on any atom is -0.397 e. The summed E-state index contributed by atoms with van der Waals surface area (Å²) in [7, 11) is 1.90. The molecule has 0 amide bonds. The van der Waals surface area contributed by atoms with Gasteiger partial charge in [-0.15, -0.1) is 0 Å². The van der Waals surface area contributed by atoms with Crippen LogP contribution in [-0.4, -0.2) is 9.55 Å². The molecule has 0 bridgehead atoms. The second kappa shape index (κ2) is 3.84. The Morgan fingerprint density at radius 2 is 1.94 bits per heavy atom. The number of aryl methyl sites for hydroxylation is 1. The third-order valence-corrected chi connectivity index (χ3v) is 3.03. The standard InChI is InChI=1S/C14H12FN3/c1-18-12-7-3-6-11(16)13(12)17-14(18)9-4-2-5-10(15)8-9/h2-8H,16H2,1H3. The number of anilines is 1. The van der Waals surface area contributed by atoms with E-state index in [1.807, 2.05) is 35.9 Å². The van der Waals surface area contributed by atoms with Crippen LogP contribution in [0.3, 0.4) is 0 Å². The summed E-state index contributed by atoms with van der Waals surface area (Å²) >= 11 is 0. The Kier molecular flexibility index (Phi) is 2.30. The number of nitrogens with zero attached hydrogens (tertiary/aromatic N) is 2. The maximum Gasteiger partial charge on any atom is 0.141 e. The highest BCUT2D eigenvalue weighted by molar-refractivity contribution is 5.90. The lowest BCUT2D eigenvalue weighted by molar-refractivity contribution is 0.628. The summed E-state index contributed by atoms with van der Waals surface area (Å²) in [5.41, 5.74) is 8.96. The van der Waals surface area contributed by atoms with Crippen molar-refractivity contribution in [3.63, 3.8) is 0 Å². The Bertz CT molecular complexity index is 731. The van der Waals surface area contributed by atoms with Gasteiger partial charge in [0.2, 0.25) is 0 Å². The van der Waals surface area contributed by atoms with Crippen LogP contribution < -0.4 is 5.73 Å². The first kappa shape index (κ1) is 10.8. The molecule has 1 aromatic heterocycles. The van der Waals surface area contributed by atoms with Crippen LogP contribution in [0, 0.1) is 5.82 Å². The molecule has 0 aliphatic carbocycles. The van der Waals surface area contributed by atoms with E-state index in [0.29, 0.717) is 11.5 Å². The summed E-state index contributed by atoms with van der Waals surface area (Å²) < 4.78 is 15.2. The Hall–Kier alpha value is -2.36. The molecule has 0 radical (unpaired) electrons. The number of fused-ring (bicyclic) bond motifs is 1. The van der Waals surface area contributed by atoms with Gasteiger partial charge in [0.05, 0.1) is 11.2 Å². The van der Waals surface area contributed by atoms with Crippen molar-refractivity contribution in [3.05, 3.63) is 48.3 Å². The molecule has 90 valence electrons. The number of nitrogen functional groups attached to an aromatic ring is 1. The molecule has 0 atom stereocenters. The van der Waals surface area contributed by atoms with Crippen LogP contribution in [0.5, 0.6) is 0 Å². The lowest BCUT2D eigenvalue weighted by Crippen LogP contribution is -1.92. The summed E-state index contributed by atoms with van der Waals surface area (Å²) in [6.07, 6.45) is 0. The van der Waals surface area contributed by atoms with Gasteiger partial charge in [-0.2, -0.15) is 0 Å². The number of para-hydroxylation sites is 1. The number of hydrogen-bond donors (Lipinski definition) is 1. The van der Waals surface area contributed by atoms with Gasteiger partial charge >= 0.3 is 0 Å². The second-order valence-electron chi connectivity index (χ2n) is 4.22. The van der Waals surface area contributed by atoms with Crippen molar-refractivity contribution in [2.45, 2.75) is 0 Å². The van der Waals surface area contributed by atoms with Crippen LogP contribution in [0.15, 0.2) is 42.5 Å². The summed E-state index contributed by atoms with van der Waals surface area (Å²) in [6.45, 7) is 0. The van der Waals surface area contributed by atoms with E-state index in [4.69, 9.17) is 5.73 Å². The maximum absolute atomic E-state index is 13.3. The number of nitrogens with two attached hydrogens (primary N) is 1. The molecular formula is C14H12FN3. The Morgan fingerprint density at radius 1 is 1.17 bits per heavy atom. The molecule has 2 N–H and O–H groups in total. The molecule has 0 spiro atoms. The fourth-order valence-electron chi connectivity index (χ4n) is 2.12. The highest BCUT2D eigenvalue weighted by Crippen LogP contribution is 2.26. The number of hydrogen-bond acceptors (Lipinski definition) is 2. The normalized spacial score (nSPS) is 11.0. The monoisotopic (exact) mass is 241 g/mol. The van der Waals surface area contributed by atoms with Crippen molar-refractivity contribution in [2.75, 3.05) is 5.73 Å². The van der Waals surface area contributed by atoms with E-state index in [0.717, 1.165) is 16.6 Å². The van der Waals surface area contributed by atoms with Gasteiger partial charge in [-0.3, -0.25) is 0 Å². The van der Waals surface area contributed by atoms with Crippen molar-refractivity contribution in [1.82, 2.24) is 9.55 Å². The van der Waals surface area contributed by atoms with E-state index in [-0.39, 0.29) is 5.82 Å². The minimum atomic E-state index is -0.271. The molecule has 4 heteroatoms. The summed E-state index contributed by atoms with van der Waals surface area (Å²) in [5, 5.41) is 0. The van der Waals surface area contributed by atoms with E-state index in [1.165, 1.54) is 12.1 Å². The fourth-order valence-corrected chi connectivity index (χ4v) is 2.12. The fraction of sp³-hybridized carbons (Fsp3) is 0.0714. The molecule has 1 heterocycles. The van der Waals surface area contributed by atoms with E-state index < -0.39 is 0 Å². The van der Waals surface area contributed by atoms with Crippen molar-refractivity contribution in [3.8, 4) is 11.4 Å². The van der Waals surface area contributed by atoms with Gasteiger partial charge in [0.25, 0.3) is 0 Å². The first-order chi connectivity index (χ1) is 8.66. The Balaban J connectivity index is 2.30. The van der Waals surface area contributed by atoms with Crippen LogP contribution in [0.1, 0.15) is 0 Å². The molecule has 18 heavy (non-hydrogen) atoms. The van der Waals surface area contributed by atoms with E-state index in [9.17, 15) is 4.39 Å². The average Bonchev–Trinajstić information content (AvgIpc) is 2.69. The summed E-state index contributed by atoms with van der Waals surface area (Å²) in [6, 6.07) is 12.0. The third-order valence-electron chi connectivity index (χ3n) is 3.03. The number of halogens is 1. The highest BCUT2D eigenvalue weighted by atomic mass is 19.1. The molecule has 0 saturated carbocycles.